The SMILES string of the molecule is CC(C)(C)C1=CC2(C=C(C(C)(C)C)C1=O)CC(NC(=O)OCC1c3ccccc3-c3ccccc31)C(=O)O2. The molecule has 3 aliphatic rings. The summed E-state index contributed by atoms with van der Waals surface area (Å²) >= 11 is 0. The summed E-state index contributed by atoms with van der Waals surface area (Å²) in [6.45, 7) is 12.0. The van der Waals surface area contributed by atoms with Crippen molar-refractivity contribution in [2.24, 2.45) is 10.8 Å². The number of benzene rings is 2. The topological polar surface area (TPSA) is 81.7 Å². The maximum absolute atomic E-state index is 13.3. The van der Waals surface area contributed by atoms with Gasteiger partial charge in [0.2, 0.25) is 0 Å². The van der Waals surface area contributed by atoms with Crippen LogP contribution in [0.25, 0.3) is 11.1 Å². The predicted molar refractivity (Wildman–Crippen MR) is 146 cm³/mol. The molecule has 2 aromatic carbocycles. The molecule has 0 bridgehead atoms. The second kappa shape index (κ2) is 8.97. The minimum Gasteiger partial charge on any atom is -0.449 e. The Morgan fingerprint density at radius 3 is 1.89 bits per heavy atom. The summed E-state index contributed by atoms with van der Waals surface area (Å²) in [6.07, 6.45) is 3.06. The van der Waals surface area contributed by atoms with Gasteiger partial charge in [0.1, 0.15) is 12.6 Å². The Hall–Kier alpha value is -3.67. The highest BCUT2D eigenvalue weighted by Crippen LogP contribution is 2.46. The van der Waals surface area contributed by atoms with E-state index in [2.05, 4.69) is 29.6 Å². The highest BCUT2D eigenvalue weighted by atomic mass is 16.6. The van der Waals surface area contributed by atoms with Crippen LogP contribution in [0.2, 0.25) is 0 Å². The van der Waals surface area contributed by atoms with E-state index in [1.54, 1.807) is 12.2 Å². The monoisotopic (exact) mass is 513 g/mol. The fraction of sp³-hybridized carbons (Fsp3) is 0.406. The number of carbonyl (C=O) groups is 3. The summed E-state index contributed by atoms with van der Waals surface area (Å²) in [5, 5.41) is 2.71. The molecule has 1 fully saturated rings. The Bertz CT molecular complexity index is 1310. The first kappa shape index (κ1) is 26.0. The number of nitrogens with one attached hydrogen (secondary N) is 1. The zero-order valence-corrected chi connectivity index (χ0v) is 22.9. The number of Topliss-reactive ketones (excluding diaryl/α,β-unsaturated/α-hetero) is 1. The van der Waals surface area contributed by atoms with E-state index in [1.165, 1.54) is 0 Å². The molecule has 1 saturated heterocycles. The molecular weight excluding hydrogens is 478 g/mol. The van der Waals surface area contributed by atoms with Crippen LogP contribution in [-0.2, 0) is 19.1 Å². The number of ether oxygens (including phenoxy) is 2. The number of esters is 1. The summed E-state index contributed by atoms with van der Waals surface area (Å²) in [5.41, 5.74) is 3.80. The Balaban J connectivity index is 1.32. The van der Waals surface area contributed by atoms with E-state index in [-0.39, 0.29) is 24.7 Å². The lowest BCUT2D eigenvalue weighted by molar-refractivity contribution is -0.144. The molecule has 2 aliphatic carbocycles. The molecule has 1 unspecified atom stereocenters. The van der Waals surface area contributed by atoms with E-state index < -0.39 is 34.5 Å². The van der Waals surface area contributed by atoms with Gasteiger partial charge in [0, 0.05) is 23.5 Å². The quantitative estimate of drug-likeness (QED) is 0.501. The highest BCUT2D eigenvalue weighted by molar-refractivity contribution is 6.11. The molecule has 1 amide bonds. The first-order valence-corrected chi connectivity index (χ1v) is 13.1. The molecule has 5 rings (SSSR count). The van der Waals surface area contributed by atoms with Crippen molar-refractivity contribution in [3.8, 4) is 11.1 Å². The van der Waals surface area contributed by atoms with E-state index in [4.69, 9.17) is 9.47 Å². The largest absolute Gasteiger partial charge is 0.449 e. The molecule has 6 nitrogen and oxygen atoms in total. The van der Waals surface area contributed by atoms with Crippen molar-refractivity contribution < 1.29 is 23.9 Å². The van der Waals surface area contributed by atoms with E-state index in [0.29, 0.717) is 11.1 Å². The Kier molecular flexibility index (Phi) is 6.13. The molecule has 0 radical (unpaired) electrons. The molecule has 1 N–H and O–H groups in total. The smallest absolute Gasteiger partial charge is 0.407 e. The lowest BCUT2D eigenvalue weighted by Gasteiger charge is -2.36. The third-order valence-corrected chi connectivity index (χ3v) is 7.62. The van der Waals surface area contributed by atoms with Crippen molar-refractivity contribution >= 4 is 17.8 Å². The van der Waals surface area contributed by atoms with Gasteiger partial charge in [-0.2, -0.15) is 0 Å². The third-order valence-electron chi connectivity index (χ3n) is 7.62. The van der Waals surface area contributed by atoms with Crippen molar-refractivity contribution in [2.75, 3.05) is 6.61 Å². The predicted octanol–water partition coefficient (Wildman–Crippen LogP) is 6.11. The fourth-order valence-corrected chi connectivity index (χ4v) is 5.69. The average molecular weight is 514 g/mol. The molecule has 1 heterocycles. The van der Waals surface area contributed by atoms with Crippen molar-refractivity contribution in [3.05, 3.63) is 83.0 Å². The number of ketones is 1. The van der Waals surface area contributed by atoms with Crippen LogP contribution in [0.3, 0.4) is 0 Å². The number of rotatable bonds is 3. The van der Waals surface area contributed by atoms with Crippen LogP contribution in [0.15, 0.2) is 71.8 Å². The van der Waals surface area contributed by atoms with Crippen LogP contribution in [0.5, 0.6) is 0 Å². The molecule has 0 saturated carbocycles. The second-order valence-corrected chi connectivity index (χ2v) is 12.5. The van der Waals surface area contributed by atoms with Crippen LogP contribution < -0.4 is 5.32 Å². The lowest BCUT2D eigenvalue weighted by atomic mass is 9.69. The molecule has 0 aromatic heterocycles. The molecule has 1 spiro atoms. The van der Waals surface area contributed by atoms with Crippen LogP contribution in [0.1, 0.15) is 65.0 Å². The zero-order chi connectivity index (χ0) is 27.5. The van der Waals surface area contributed by atoms with Crippen LogP contribution >= 0.6 is 0 Å². The highest BCUT2D eigenvalue weighted by Gasteiger charge is 2.50. The molecular formula is C32H35NO5. The van der Waals surface area contributed by atoms with Crippen LogP contribution in [-0.4, -0.2) is 36.1 Å². The van der Waals surface area contributed by atoms with Crippen molar-refractivity contribution in [3.63, 3.8) is 0 Å². The van der Waals surface area contributed by atoms with Crippen LogP contribution in [0.4, 0.5) is 4.79 Å². The molecule has 6 heteroatoms. The molecule has 2 aromatic rings. The maximum Gasteiger partial charge on any atom is 0.407 e. The van der Waals surface area contributed by atoms with Gasteiger partial charge in [-0.05, 0) is 45.2 Å². The Morgan fingerprint density at radius 1 is 0.895 bits per heavy atom. The number of fused-ring (bicyclic) bond motifs is 3. The maximum atomic E-state index is 13.3. The summed E-state index contributed by atoms with van der Waals surface area (Å²) in [7, 11) is 0. The van der Waals surface area contributed by atoms with Gasteiger partial charge in [0.15, 0.2) is 11.4 Å². The van der Waals surface area contributed by atoms with Crippen molar-refractivity contribution in [1.82, 2.24) is 5.32 Å². The van der Waals surface area contributed by atoms with Gasteiger partial charge < -0.3 is 14.8 Å². The number of amides is 1. The minimum atomic E-state index is -1.09. The number of carbonyl (C=O) groups excluding carboxylic acids is 3. The van der Waals surface area contributed by atoms with Gasteiger partial charge in [0.05, 0.1) is 0 Å². The van der Waals surface area contributed by atoms with Crippen molar-refractivity contribution in [2.45, 2.75) is 65.5 Å². The first-order valence-electron chi connectivity index (χ1n) is 13.1. The summed E-state index contributed by atoms with van der Waals surface area (Å²) in [6, 6.07) is 15.4. The normalized spacial score (nSPS) is 20.4. The van der Waals surface area contributed by atoms with Gasteiger partial charge >= 0.3 is 12.1 Å². The van der Waals surface area contributed by atoms with Gasteiger partial charge in [-0.25, -0.2) is 9.59 Å². The average Bonchev–Trinajstić information content (AvgIpc) is 3.32. The van der Waals surface area contributed by atoms with E-state index >= 15 is 0 Å². The summed E-state index contributed by atoms with van der Waals surface area (Å²) < 4.78 is 11.5. The van der Waals surface area contributed by atoms with E-state index in [1.807, 2.05) is 65.8 Å². The number of alkyl carbamates (subject to hydrolysis) is 1. The Labute approximate surface area is 224 Å². The second-order valence-electron chi connectivity index (χ2n) is 12.5. The molecule has 1 atom stereocenters. The van der Waals surface area contributed by atoms with Gasteiger partial charge in [-0.1, -0.05) is 90.1 Å². The number of allylic oxidation sites excluding steroid dienone is 2. The fourth-order valence-electron chi connectivity index (χ4n) is 5.69. The molecule has 38 heavy (non-hydrogen) atoms. The first-order chi connectivity index (χ1) is 17.8. The molecule has 1 aliphatic heterocycles. The third kappa shape index (κ3) is 4.57. The Morgan fingerprint density at radius 2 is 1.39 bits per heavy atom. The number of hydrogen-bond donors (Lipinski definition) is 1. The minimum absolute atomic E-state index is 0.0281. The lowest BCUT2D eigenvalue weighted by Crippen LogP contribution is -2.40. The van der Waals surface area contributed by atoms with Gasteiger partial charge in [-0.3, -0.25) is 4.79 Å². The van der Waals surface area contributed by atoms with Gasteiger partial charge in [0.25, 0.3) is 0 Å². The summed E-state index contributed by atoms with van der Waals surface area (Å²) in [4.78, 5) is 39.1. The molecule has 198 valence electrons. The van der Waals surface area contributed by atoms with Gasteiger partial charge in [-0.15, -0.1) is 0 Å². The number of hydrogen-bond acceptors (Lipinski definition) is 5. The van der Waals surface area contributed by atoms with Crippen molar-refractivity contribution in [1.29, 1.82) is 0 Å². The standard InChI is InChI=1S/C32H35NO5/c1-30(2,3)24-15-32(16-25(27(24)34)31(4,5)6)17-26(28(35)38-32)33-29(36)37-18-23-21-13-9-7-11-19(21)20-12-8-10-14-22(20)23/h7-16,23,26H,17-18H2,1-6H3,(H,33,36). The van der Waals surface area contributed by atoms with E-state index in [9.17, 15) is 14.4 Å². The zero-order valence-electron chi connectivity index (χ0n) is 22.9. The van der Waals surface area contributed by atoms with Crippen LogP contribution in [0, 0.1) is 10.8 Å². The summed E-state index contributed by atoms with van der Waals surface area (Å²) in [5.74, 6) is -0.643. The van der Waals surface area contributed by atoms with E-state index in [0.717, 1.165) is 22.3 Å².